The van der Waals surface area contributed by atoms with E-state index in [0.29, 0.717) is 26.2 Å². The van der Waals surface area contributed by atoms with Crippen molar-refractivity contribution in [3.63, 3.8) is 0 Å². The molecular formula is C17H24N2O4. The van der Waals surface area contributed by atoms with Crippen molar-refractivity contribution < 1.29 is 19.1 Å². The number of hydrogen-bond acceptors (Lipinski definition) is 5. The van der Waals surface area contributed by atoms with Crippen LogP contribution in [0.1, 0.15) is 33.1 Å². The summed E-state index contributed by atoms with van der Waals surface area (Å²) in [6.07, 6.45) is 2.47. The van der Waals surface area contributed by atoms with Crippen LogP contribution in [0.15, 0.2) is 24.3 Å². The SMILES string of the molecule is CCCCOc1cccc(N2CCC(=O)N2CC(=O)OCC)c1. The van der Waals surface area contributed by atoms with Crippen LogP contribution in [0.5, 0.6) is 5.75 Å². The van der Waals surface area contributed by atoms with Gasteiger partial charge in [-0.15, -0.1) is 0 Å². The number of rotatable bonds is 8. The first-order valence-corrected chi connectivity index (χ1v) is 8.12. The summed E-state index contributed by atoms with van der Waals surface area (Å²) >= 11 is 0. The molecule has 6 heteroatoms. The maximum absolute atomic E-state index is 12.0. The first-order valence-electron chi connectivity index (χ1n) is 8.12. The van der Waals surface area contributed by atoms with Gasteiger partial charge in [0, 0.05) is 19.0 Å². The van der Waals surface area contributed by atoms with Crippen LogP contribution in [0.3, 0.4) is 0 Å². The van der Waals surface area contributed by atoms with Crippen LogP contribution in [-0.2, 0) is 14.3 Å². The molecule has 6 nitrogen and oxygen atoms in total. The Balaban J connectivity index is 2.07. The summed E-state index contributed by atoms with van der Waals surface area (Å²) in [5.41, 5.74) is 0.842. The van der Waals surface area contributed by atoms with E-state index in [4.69, 9.17) is 9.47 Å². The van der Waals surface area contributed by atoms with E-state index in [1.807, 2.05) is 29.3 Å². The second kappa shape index (κ2) is 8.41. The highest BCUT2D eigenvalue weighted by atomic mass is 16.5. The number of hydrogen-bond donors (Lipinski definition) is 0. The second-order valence-electron chi connectivity index (χ2n) is 5.33. The zero-order valence-electron chi connectivity index (χ0n) is 13.8. The van der Waals surface area contributed by atoms with E-state index in [0.717, 1.165) is 24.3 Å². The molecule has 1 fully saturated rings. The Morgan fingerprint density at radius 3 is 2.87 bits per heavy atom. The van der Waals surface area contributed by atoms with E-state index < -0.39 is 5.97 Å². The van der Waals surface area contributed by atoms with Crippen LogP contribution in [0, 0.1) is 0 Å². The van der Waals surface area contributed by atoms with Crippen molar-refractivity contribution in [2.75, 3.05) is 31.3 Å². The molecule has 0 unspecified atom stereocenters. The third kappa shape index (κ3) is 4.61. The van der Waals surface area contributed by atoms with E-state index in [1.165, 1.54) is 5.01 Å². The molecule has 0 aliphatic carbocycles. The normalized spacial score (nSPS) is 14.3. The van der Waals surface area contributed by atoms with Gasteiger partial charge in [0.25, 0.3) is 0 Å². The number of unbranched alkanes of at least 4 members (excludes halogenated alkanes) is 1. The Labute approximate surface area is 136 Å². The van der Waals surface area contributed by atoms with E-state index in [-0.39, 0.29) is 12.5 Å². The van der Waals surface area contributed by atoms with Crippen molar-refractivity contribution in [1.82, 2.24) is 5.01 Å². The van der Waals surface area contributed by atoms with Crippen molar-refractivity contribution in [2.24, 2.45) is 0 Å². The molecule has 0 radical (unpaired) electrons. The molecule has 0 atom stereocenters. The van der Waals surface area contributed by atoms with E-state index in [1.54, 1.807) is 6.92 Å². The zero-order valence-corrected chi connectivity index (χ0v) is 13.8. The summed E-state index contributed by atoms with van der Waals surface area (Å²) < 4.78 is 10.6. The number of benzene rings is 1. The number of nitrogens with zero attached hydrogens (tertiary/aromatic N) is 2. The van der Waals surface area contributed by atoms with Gasteiger partial charge in [-0.1, -0.05) is 19.4 Å². The van der Waals surface area contributed by atoms with Gasteiger partial charge in [0.05, 0.1) is 18.9 Å². The van der Waals surface area contributed by atoms with Gasteiger partial charge < -0.3 is 9.47 Å². The Bertz CT molecular complexity index is 547. The van der Waals surface area contributed by atoms with Gasteiger partial charge in [-0.25, -0.2) is 5.01 Å². The Morgan fingerprint density at radius 2 is 2.13 bits per heavy atom. The molecule has 1 aliphatic rings. The predicted octanol–water partition coefficient (Wildman–Crippen LogP) is 2.38. The molecule has 1 amide bonds. The monoisotopic (exact) mass is 320 g/mol. The molecule has 0 spiro atoms. The molecule has 1 aliphatic heterocycles. The summed E-state index contributed by atoms with van der Waals surface area (Å²) in [5, 5.41) is 3.26. The quantitative estimate of drug-likeness (QED) is 0.544. The average molecular weight is 320 g/mol. The molecule has 1 saturated heterocycles. The maximum atomic E-state index is 12.0. The molecule has 23 heavy (non-hydrogen) atoms. The fraction of sp³-hybridized carbons (Fsp3) is 0.529. The van der Waals surface area contributed by atoms with Crippen LogP contribution < -0.4 is 9.75 Å². The minimum atomic E-state index is -0.400. The molecule has 126 valence electrons. The Kier molecular flexibility index (Phi) is 6.26. The number of ether oxygens (including phenoxy) is 2. The predicted molar refractivity (Wildman–Crippen MR) is 87.2 cm³/mol. The Morgan fingerprint density at radius 1 is 1.30 bits per heavy atom. The van der Waals surface area contributed by atoms with Crippen molar-refractivity contribution in [1.29, 1.82) is 0 Å². The number of carbonyl (C=O) groups is 2. The standard InChI is InChI=1S/C17H24N2O4/c1-3-5-11-23-15-8-6-7-14(12-15)18-10-9-16(20)19(18)13-17(21)22-4-2/h6-8,12H,3-5,9-11,13H2,1-2H3. The molecule has 0 saturated carbocycles. The van der Waals surface area contributed by atoms with Crippen LogP contribution in [-0.4, -0.2) is 43.2 Å². The maximum Gasteiger partial charge on any atom is 0.327 e. The zero-order chi connectivity index (χ0) is 16.7. The van der Waals surface area contributed by atoms with E-state index in [2.05, 4.69) is 6.92 Å². The number of hydrazine groups is 1. The molecular weight excluding hydrogens is 296 g/mol. The minimum absolute atomic E-state index is 0.0619. The van der Waals surface area contributed by atoms with E-state index in [9.17, 15) is 9.59 Å². The first kappa shape index (κ1) is 17.1. The van der Waals surface area contributed by atoms with Gasteiger partial charge in [0.15, 0.2) is 0 Å². The number of amides is 1. The summed E-state index contributed by atoms with van der Waals surface area (Å²) in [6.45, 7) is 5.33. The van der Waals surface area contributed by atoms with Gasteiger partial charge >= 0.3 is 5.97 Å². The smallest absolute Gasteiger partial charge is 0.327 e. The van der Waals surface area contributed by atoms with Crippen LogP contribution >= 0.6 is 0 Å². The lowest BCUT2D eigenvalue weighted by molar-refractivity contribution is -0.147. The molecule has 0 aromatic heterocycles. The first-order chi connectivity index (χ1) is 11.2. The lowest BCUT2D eigenvalue weighted by Gasteiger charge is -2.29. The second-order valence-corrected chi connectivity index (χ2v) is 5.33. The minimum Gasteiger partial charge on any atom is -0.494 e. The highest BCUT2D eigenvalue weighted by Crippen LogP contribution is 2.26. The molecule has 0 bridgehead atoms. The van der Waals surface area contributed by atoms with E-state index >= 15 is 0 Å². The number of carbonyl (C=O) groups excluding carboxylic acids is 2. The van der Waals surface area contributed by atoms with Crippen molar-refractivity contribution >= 4 is 17.6 Å². The van der Waals surface area contributed by atoms with Crippen LogP contribution in [0.2, 0.25) is 0 Å². The molecule has 1 aromatic rings. The van der Waals surface area contributed by atoms with Gasteiger partial charge in [0.1, 0.15) is 12.3 Å². The Hall–Kier alpha value is -2.24. The highest BCUT2D eigenvalue weighted by molar-refractivity contribution is 5.86. The lowest BCUT2D eigenvalue weighted by Crippen LogP contribution is -2.43. The average Bonchev–Trinajstić information content (AvgIpc) is 2.89. The highest BCUT2D eigenvalue weighted by Gasteiger charge is 2.31. The molecule has 1 heterocycles. The fourth-order valence-electron chi connectivity index (χ4n) is 2.43. The third-order valence-electron chi connectivity index (χ3n) is 3.58. The summed E-state index contributed by atoms with van der Waals surface area (Å²) in [5.74, 6) is 0.296. The summed E-state index contributed by atoms with van der Waals surface area (Å²) in [4.78, 5) is 23.7. The van der Waals surface area contributed by atoms with Gasteiger partial charge in [-0.2, -0.15) is 0 Å². The molecule has 0 N–H and O–H groups in total. The third-order valence-corrected chi connectivity index (χ3v) is 3.58. The summed E-state index contributed by atoms with van der Waals surface area (Å²) in [7, 11) is 0. The number of anilines is 1. The van der Waals surface area contributed by atoms with Crippen LogP contribution in [0.4, 0.5) is 5.69 Å². The lowest BCUT2D eigenvalue weighted by atomic mass is 10.3. The van der Waals surface area contributed by atoms with Gasteiger partial charge in [0.2, 0.25) is 5.91 Å². The number of esters is 1. The van der Waals surface area contributed by atoms with Gasteiger partial charge in [-0.3, -0.25) is 14.6 Å². The van der Waals surface area contributed by atoms with Crippen molar-refractivity contribution in [3.8, 4) is 5.75 Å². The molecule has 1 aromatic carbocycles. The summed E-state index contributed by atoms with van der Waals surface area (Å²) in [6, 6.07) is 7.59. The molecule has 2 rings (SSSR count). The largest absolute Gasteiger partial charge is 0.494 e. The fourth-order valence-corrected chi connectivity index (χ4v) is 2.43. The van der Waals surface area contributed by atoms with Crippen molar-refractivity contribution in [3.05, 3.63) is 24.3 Å². The van der Waals surface area contributed by atoms with Crippen LogP contribution in [0.25, 0.3) is 0 Å². The van der Waals surface area contributed by atoms with Gasteiger partial charge in [-0.05, 0) is 25.5 Å². The topological polar surface area (TPSA) is 59.1 Å². The van der Waals surface area contributed by atoms with Crippen molar-refractivity contribution in [2.45, 2.75) is 33.1 Å².